The molecular weight excluding hydrogens is 206 g/mol. The Morgan fingerprint density at radius 1 is 1.44 bits per heavy atom. The highest BCUT2D eigenvalue weighted by molar-refractivity contribution is 5.89. The van der Waals surface area contributed by atoms with Crippen molar-refractivity contribution in [1.82, 2.24) is 0 Å². The predicted octanol–water partition coefficient (Wildman–Crippen LogP) is 2.22. The largest absolute Gasteiger partial charge is 0.481 e. The number of carboxylic acids is 1. The number of hydrogen-bond donors (Lipinski definition) is 2. The van der Waals surface area contributed by atoms with Gasteiger partial charge >= 0.3 is 5.97 Å². The molecule has 1 rings (SSSR count). The molecule has 0 aliphatic heterocycles. The van der Waals surface area contributed by atoms with E-state index in [1.54, 1.807) is 24.3 Å². The van der Waals surface area contributed by atoms with Gasteiger partial charge in [-0.1, -0.05) is 19.1 Å². The van der Waals surface area contributed by atoms with Gasteiger partial charge in [-0.3, -0.25) is 9.59 Å². The fourth-order valence-corrected chi connectivity index (χ4v) is 1.59. The molecule has 1 aromatic rings. The number of hydrogen-bond acceptors (Lipinski definition) is 2. The van der Waals surface area contributed by atoms with E-state index in [1.807, 2.05) is 6.92 Å². The van der Waals surface area contributed by atoms with Gasteiger partial charge in [0.1, 0.15) is 0 Å². The lowest BCUT2D eigenvalue weighted by molar-refractivity contribution is -0.138. The molecule has 0 spiro atoms. The second kappa shape index (κ2) is 5.30. The highest BCUT2D eigenvalue weighted by atomic mass is 16.4. The average Bonchev–Trinajstić information content (AvgIpc) is 2.17. The second-order valence-corrected chi connectivity index (χ2v) is 3.61. The summed E-state index contributed by atoms with van der Waals surface area (Å²) in [5.74, 6) is -1.53. The maximum Gasteiger partial charge on any atom is 0.310 e. The third-order valence-electron chi connectivity index (χ3n) is 2.32. The van der Waals surface area contributed by atoms with Crippen LogP contribution in [0.3, 0.4) is 0 Å². The van der Waals surface area contributed by atoms with Gasteiger partial charge in [0.05, 0.1) is 5.92 Å². The number of aliphatic carboxylic acids is 1. The van der Waals surface area contributed by atoms with Gasteiger partial charge in [-0.25, -0.2) is 0 Å². The van der Waals surface area contributed by atoms with Gasteiger partial charge in [0.15, 0.2) is 0 Å². The van der Waals surface area contributed by atoms with Crippen molar-refractivity contribution < 1.29 is 14.7 Å². The Bertz CT molecular complexity index is 401. The van der Waals surface area contributed by atoms with Crippen LogP contribution in [0.1, 0.15) is 31.7 Å². The number of rotatable bonds is 4. The Labute approximate surface area is 94.3 Å². The third kappa shape index (κ3) is 3.08. The zero-order valence-electron chi connectivity index (χ0n) is 9.36. The van der Waals surface area contributed by atoms with E-state index in [4.69, 9.17) is 5.11 Å². The van der Waals surface area contributed by atoms with E-state index in [2.05, 4.69) is 5.32 Å². The molecule has 0 aliphatic carbocycles. The van der Waals surface area contributed by atoms with Crippen LogP contribution >= 0.6 is 0 Å². The molecule has 0 saturated heterocycles. The van der Waals surface area contributed by atoms with E-state index < -0.39 is 11.9 Å². The summed E-state index contributed by atoms with van der Waals surface area (Å²) < 4.78 is 0. The monoisotopic (exact) mass is 221 g/mol. The minimum absolute atomic E-state index is 0.166. The molecule has 86 valence electrons. The quantitative estimate of drug-likeness (QED) is 0.819. The summed E-state index contributed by atoms with van der Waals surface area (Å²) in [7, 11) is 0. The molecule has 0 heterocycles. The van der Waals surface area contributed by atoms with E-state index in [9.17, 15) is 9.59 Å². The lowest BCUT2D eigenvalue weighted by Gasteiger charge is -2.11. The van der Waals surface area contributed by atoms with E-state index in [0.717, 1.165) is 0 Å². The number of carbonyl (C=O) groups excluding carboxylic acids is 1. The fraction of sp³-hybridized carbons (Fsp3) is 0.333. The maximum atomic E-state index is 11.0. The number of amides is 1. The molecule has 0 bridgehead atoms. The molecule has 1 amide bonds. The summed E-state index contributed by atoms with van der Waals surface area (Å²) in [5.41, 5.74) is 1.34. The standard InChI is InChI=1S/C12H15NO3/c1-3-11(12(15)16)9-5-4-6-10(7-9)13-8(2)14/h4-7,11H,3H2,1-2H3,(H,13,14)(H,15,16). The van der Waals surface area contributed by atoms with Gasteiger partial charge in [-0.2, -0.15) is 0 Å². The van der Waals surface area contributed by atoms with Crippen LogP contribution in [0.5, 0.6) is 0 Å². The first kappa shape index (κ1) is 12.2. The zero-order chi connectivity index (χ0) is 12.1. The van der Waals surface area contributed by atoms with E-state index in [0.29, 0.717) is 17.7 Å². The molecule has 1 unspecified atom stereocenters. The number of carbonyl (C=O) groups is 2. The molecule has 0 aromatic heterocycles. The predicted molar refractivity (Wildman–Crippen MR) is 61.4 cm³/mol. The summed E-state index contributed by atoms with van der Waals surface area (Å²) in [6.45, 7) is 3.24. The van der Waals surface area contributed by atoms with Crippen molar-refractivity contribution in [3.05, 3.63) is 29.8 Å². The normalized spacial score (nSPS) is 11.9. The summed E-state index contributed by atoms with van der Waals surface area (Å²) in [6, 6.07) is 6.93. The van der Waals surface area contributed by atoms with Crippen LogP contribution in [0.25, 0.3) is 0 Å². The molecule has 0 saturated carbocycles. The minimum Gasteiger partial charge on any atom is -0.481 e. The average molecular weight is 221 g/mol. The zero-order valence-corrected chi connectivity index (χ0v) is 9.36. The minimum atomic E-state index is -0.845. The number of nitrogens with one attached hydrogen (secondary N) is 1. The third-order valence-corrected chi connectivity index (χ3v) is 2.32. The van der Waals surface area contributed by atoms with Gasteiger partial charge in [-0.05, 0) is 24.1 Å². The Morgan fingerprint density at radius 3 is 2.62 bits per heavy atom. The molecule has 0 fully saturated rings. The molecule has 4 nitrogen and oxygen atoms in total. The van der Waals surface area contributed by atoms with E-state index in [-0.39, 0.29) is 5.91 Å². The molecule has 16 heavy (non-hydrogen) atoms. The molecule has 0 aliphatic rings. The summed E-state index contributed by atoms with van der Waals surface area (Å²) >= 11 is 0. The van der Waals surface area contributed by atoms with Crippen LogP contribution in [0.2, 0.25) is 0 Å². The summed E-state index contributed by atoms with van der Waals surface area (Å²) in [6.07, 6.45) is 0.527. The van der Waals surface area contributed by atoms with Crippen molar-refractivity contribution >= 4 is 17.6 Å². The lowest BCUT2D eigenvalue weighted by Crippen LogP contribution is -2.11. The molecule has 4 heteroatoms. The first-order valence-corrected chi connectivity index (χ1v) is 5.15. The van der Waals surface area contributed by atoms with E-state index >= 15 is 0 Å². The number of anilines is 1. The first-order chi connectivity index (χ1) is 7.54. The van der Waals surface area contributed by atoms with Crippen molar-refractivity contribution in [1.29, 1.82) is 0 Å². The highest BCUT2D eigenvalue weighted by Gasteiger charge is 2.17. The lowest BCUT2D eigenvalue weighted by atomic mass is 9.96. The Balaban J connectivity index is 2.96. The molecule has 0 radical (unpaired) electrons. The van der Waals surface area contributed by atoms with Gasteiger partial charge in [0.25, 0.3) is 0 Å². The number of benzene rings is 1. The highest BCUT2D eigenvalue weighted by Crippen LogP contribution is 2.22. The van der Waals surface area contributed by atoms with Gasteiger partial charge < -0.3 is 10.4 Å². The molecule has 1 aromatic carbocycles. The van der Waals surface area contributed by atoms with Crippen LogP contribution in [0, 0.1) is 0 Å². The molecule has 2 N–H and O–H groups in total. The van der Waals surface area contributed by atoms with E-state index in [1.165, 1.54) is 6.92 Å². The Kier molecular flexibility index (Phi) is 4.05. The van der Waals surface area contributed by atoms with Crippen molar-refractivity contribution in [3.63, 3.8) is 0 Å². The fourth-order valence-electron chi connectivity index (χ4n) is 1.59. The van der Waals surface area contributed by atoms with Crippen LogP contribution in [0.4, 0.5) is 5.69 Å². The second-order valence-electron chi connectivity index (χ2n) is 3.61. The topological polar surface area (TPSA) is 66.4 Å². The Hall–Kier alpha value is -1.84. The van der Waals surface area contributed by atoms with Gasteiger partial charge in [0, 0.05) is 12.6 Å². The summed E-state index contributed by atoms with van der Waals surface area (Å²) in [4.78, 5) is 21.8. The van der Waals surface area contributed by atoms with Crippen LogP contribution in [0.15, 0.2) is 24.3 Å². The van der Waals surface area contributed by atoms with Crippen LogP contribution in [-0.2, 0) is 9.59 Å². The Morgan fingerprint density at radius 2 is 2.12 bits per heavy atom. The molecular formula is C12H15NO3. The smallest absolute Gasteiger partial charge is 0.310 e. The van der Waals surface area contributed by atoms with Crippen molar-refractivity contribution in [2.75, 3.05) is 5.32 Å². The SMILES string of the molecule is CCC(C(=O)O)c1cccc(NC(C)=O)c1. The van der Waals surface area contributed by atoms with Crippen LogP contribution in [-0.4, -0.2) is 17.0 Å². The van der Waals surface area contributed by atoms with Crippen molar-refractivity contribution in [2.45, 2.75) is 26.2 Å². The molecule has 1 atom stereocenters. The number of carboxylic acid groups (broad SMARTS) is 1. The maximum absolute atomic E-state index is 11.0. The van der Waals surface area contributed by atoms with Crippen molar-refractivity contribution in [3.8, 4) is 0 Å². The van der Waals surface area contributed by atoms with Crippen LogP contribution < -0.4 is 5.32 Å². The van der Waals surface area contributed by atoms with Gasteiger partial charge in [-0.15, -0.1) is 0 Å². The summed E-state index contributed by atoms with van der Waals surface area (Å²) in [5, 5.41) is 11.6. The van der Waals surface area contributed by atoms with Crippen molar-refractivity contribution in [2.24, 2.45) is 0 Å². The van der Waals surface area contributed by atoms with Gasteiger partial charge in [0.2, 0.25) is 5.91 Å². The first-order valence-electron chi connectivity index (χ1n) is 5.15.